The van der Waals surface area contributed by atoms with Crippen molar-refractivity contribution in [2.75, 3.05) is 27.3 Å². The molecule has 0 aliphatic rings. The van der Waals surface area contributed by atoms with Gasteiger partial charge in [0.1, 0.15) is 5.75 Å². The third-order valence-electron chi connectivity index (χ3n) is 2.17. The van der Waals surface area contributed by atoms with Gasteiger partial charge in [-0.15, -0.1) is 0 Å². The molecule has 1 rings (SSSR count). The topological polar surface area (TPSA) is 47.6 Å². The first-order valence-corrected chi connectivity index (χ1v) is 5.19. The van der Waals surface area contributed by atoms with Crippen LogP contribution in [0, 0.1) is 0 Å². The molecule has 0 unspecified atom stereocenters. The van der Waals surface area contributed by atoms with Crippen LogP contribution >= 0.6 is 0 Å². The number of methoxy groups -OCH3 is 1. The molecule has 0 fully saturated rings. The molecule has 0 atom stereocenters. The summed E-state index contributed by atoms with van der Waals surface area (Å²) in [6.07, 6.45) is 0.980. The Morgan fingerprint density at radius 2 is 2.00 bits per heavy atom. The number of ether oxygens (including phenoxy) is 2. The Morgan fingerprint density at radius 3 is 2.56 bits per heavy atom. The highest BCUT2D eigenvalue weighted by atomic mass is 16.6. The fourth-order valence-corrected chi connectivity index (χ4v) is 1.22. The Kier molecular flexibility index (Phi) is 5.36. The minimum Gasteiger partial charge on any atom is -0.482 e. The average molecular weight is 223 g/mol. The quantitative estimate of drug-likeness (QED) is 0.731. The van der Waals surface area contributed by atoms with Crippen molar-refractivity contribution in [2.45, 2.75) is 6.42 Å². The molecule has 0 bridgehead atoms. The van der Waals surface area contributed by atoms with Gasteiger partial charge < -0.3 is 14.8 Å². The SMILES string of the molecule is CNCCc1ccc(OCC(=O)OC)cc1. The van der Waals surface area contributed by atoms with Gasteiger partial charge in [-0.05, 0) is 37.7 Å². The molecule has 0 aliphatic carbocycles. The fraction of sp³-hybridized carbons (Fsp3) is 0.417. The van der Waals surface area contributed by atoms with Gasteiger partial charge in [0, 0.05) is 0 Å². The van der Waals surface area contributed by atoms with Crippen molar-refractivity contribution < 1.29 is 14.3 Å². The van der Waals surface area contributed by atoms with Gasteiger partial charge in [0.2, 0.25) is 0 Å². The molecular weight excluding hydrogens is 206 g/mol. The molecule has 0 saturated carbocycles. The second-order valence-corrected chi connectivity index (χ2v) is 3.36. The zero-order chi connectivity index (χ0) is 11.8. The maximum Gasteiger partial charge on any atom is 0.343 e. The normalized spacial score (nSPS) is 9.88. The number of likely N-dealkylation sites (N-methyl/N-ethyl adjacent to an activating group) is 1. The standard InChI is InChI=1S/C12H17NO3/c1-13-8-7-10-3-5-11(6-4-10)16-9-12(14)15-2/h3-6,13H,7-9H2,1-2H3. The number of hydrogen-bond donors (Lipinski definition) is 1. The number of esters is 1. The van der Waals surface area contributed by atoms with Crippen LogP contribution in [0.2, 0.25) is 0 Å². The number of benzene rings is 1. The van der Waals surface area contributed by atoms with E-state index in [-0.39, 0.29) is 12.6 Å². The first-order valence-electron chi connectivity index (χ1n) is 5.19. The van der Waals surface area contributed by atoms with E-state index >= 15 is 0 Å². The molecule has 1 N–H and O–H groups in total. The molecule has 0 radical (unpaired) electrons. The van der Waals surface area contributed by atoms with Gasteiger partial charge in [0.15, 0.2) is 6.61 Å². The summed E-state index contributed by atoms with van der Waals surface area (Å²) < 4.78 is 9.70. The number of carbonyl (C=O) groups is 1. The third-order valence-corrected chi connectivity index (χ3v) is 2.17. The maximum atomic E-state index is 10.8. The van der Waals surface area contributed by atoms with E-state index in [4.69, 9.17) is 4.74 Å². The van der Waals surface area contributed by atoms with Gasteiger partial charge in [0.25, 0.3) is 0 Å². The van der Waals surface area contributed by atoms with Gasteiger partial charge >= 0.3 is 5.97 Å². The molecule has 4 heteroatoms. The average Bonchev–Trinajstić information content (AvgIpc) is 2.34. The summed E-state index contributed by atoms with van der Waals surface area (Å²) in [4.78, 5) is 10.8. The van der Waals surface area contributed by atoms with Crippen molar-refractivity contribution in [3.63, 3.8) is 0 Å². The van der Waals surface area contributed by atoms with E-state index < -0.39 is 0 Å². The van der Waals surface area contributed by atoms with Gasteiger partial charge in [-0.25, -0.2) is 4.79 Å². The fourth-order valence-electron chi connectivity index (χ4n) is 1.22. The van der Waals surface area contributed by atoms with E-state index in [0.717, 1.165) is 13.0 Å². The molecule has 0 saturated heterocycles. The van der Waals surface area contributed by atoms with Crippen molar-refractivity contribution >= 4 is 5.97 Å². The van der Waals surface area contributed by atoms with Crippen LogP contribution in [0.3, 0.4) is 0 Å². The van der Waals surface area contributed by atoms with E-state index in [1.165, 1.54) is 12.7 Å². The number of nitrogens with one attached hydrogen (secondary N) is 1. The predicted molar refractivity (Wildman–Crippen MR) is 61.6 cm³/mol. The number of rotatable bonds is 6. The lowest BCUT2D eigenvalue weighted by molar-refractivity contribution is -0.142. The molecule has 1 aromatic carbocycles. The van der Waals surface area contributed by atoms with Gasteiger partial charge in [-0.2, -0.15) is 0 Å². The largest absolute Gasteiger partial charge is 0.482 e. The summed E-state index contributed by atoms with van der Waals surface area (Å²) in [5, 5.41) is 3.09. The molecular formula is C12H17NO3. The summed E-state index contributed by atoms with van der Waals surface area (Å²) in [6, 6.07) is 7.69. The maximum absolute atomic E-state index is 10.8. The monoisotopic (exact) mass is 223 g/mol. The highest BCUT2D eigenvalue weighted by Gasteiger charge is 2.01. The lowest BCUT2D eigenvalue weighted by Crippen LogP contribution is -2.12. The van der Waals surface area contributed by atoms with Crippen LogP contribution in [0.4, 0.5) is 0 Å². The zero-order valence-corrected chi connectivity index (χ0v) is 9.66. The summed E-state index contributed by atoms with van der Waals surface area (Å²) in [7, 11) is 3.26. The second kappa shape index (κ2) is 6.85. The number of hydrogen-bond acceptors (Lipinski definition) is 4. The van der Waals surface area contributed by atoms with Gasteiger partial charge in [-0.1, -0.05) is 12.1 Å². The zero-order valence-electron chi connectivity index (χ0n) is 9.66. The Bertz CT molecular complexity index is 322. The molecule has 0 aliphatic heterocycles. The highest BCUT2D eigenvalue weighted by molar-refractivity contribution is 5.70. The minimum absolute atomic E-state index is 0.0492. The van der Waals surface area contributed by atoms with Crippen molar-refractivity contribution in [1.82, 2.24) is 5.32 Å². The van der Waals surface area contributed by atoms with Crippen molar-refractivity contribution in [2.24, 2.45) is 0 Å². The summed E-state index contributed by atoms with van der Waals surface area (Å²) in [6.45, 7) is 0.898. The van der Waals surface area contributed by atoms with Crippen LogP contribution in [0.1, 0.15) is 5.56 Å². The summed E-state index contributed by atoms with van der Waals surface area (Å²) in [5.74, 6) is 0.304. The lowest BCUT2D eigenvalue weighted by Gasteiger charge is -2.06. The Labute approximate surface area is 95.6 Å². The Balaban J connectivity index is 2.41. The van der Waals surface area contributed by atoms with E-state index in [2.05, 4.69) is 10.1 Å². The minimum atomic E-state index is -0.376. The third kappa shape index (κ3) is 4.31. The Morgan fingerprint density at radius 1 is 1.31 bits per heavy atom. The van der Waals surface area contributed by atoms with Gasteiger partial charge in [0.05, 0.1) is 7.11 Å². The highest BCUT2D eigenvalue weighted by Crippen LogP contribution is 2.12. The molecule has 16 heavy (non-hydrogen) atoms. The second-order valence-electron chi connectivity index (χ2n) is 3.36. The van der Waals surface area contributed by atoms with Crippen LogP contribution in [-0.2, 0) is 16.0 Å². The van der Waals surface area contributed by atoms with Gasteiger partial charge in [-0.3, -0.25) is 0 Å². The van der Waals surface area contributed by atoms with Crippen LogP contribution < -0.4 is 10.1 Å². The molecule has 1 aromatic rings. The van der Waals surface area contributed by atoms with Crippen LogP contribution in [0.25, 0.3) is 0 Å². The van der Waals surface area contributed by atoms with Crippen LogP contribution in [-0.4, -0.2) is 33.3 Å². The van der Waals surface area contributed by atoms with E-state index in [0.29, 0.717) is 5.75 Å². The van der Waals surface area contributed by atoms with Crippen LogP contribution in [0.5, 0.6) is 5.75 Å². The van der Waals surface area contributed by atoms with E-state index in [9.17, 15) is 4.79 Å². The molecule has 4 nitrogen and oxygen atoms in total. The first-order chi connectivity index (χ1) is 7.76. The van der Waals surface area contributed by atoms with Crippen molar-refractivity contribution in [3.8, 4) is 5.75 Å². The smallest absolute Gasteiger partial charge is 0.343 e. The lowest BCUT2D eigenvalue weighted by atomic mass is 10.1. The van der Waals surface area contributed by atoms with E-state index in [1.807, 2.05) is 31.3 Å². The first kappa shape index (κ1) is 12.5. The Hall–Kier alpha value is -1.55. The van der Waals surface area contributed by atoms with Crippen LogP contribution in [0.15, 0.2) is 24.3 Å². The summed E-state index contributed by atoms with van der Waals surface area (Å²) >= 11 is 0. The van der Waals surface area contributed by atoms with E-state index in [1.54, 1.807) is 0 Å². The molecule has 0 amide bonds. The predicted octanol–water partition coefficient (Wildman–Crippen LogP) is 1.00. The molecule has 88 valence electrons. The molecule has 0 heterocycles. The number of carbonyl (C=O) groups excluding carboxylic acids is 1. The molecule has 0 aromatic heterocycles. The summed E-state index contributed by atoms with van der Waals surface area (Å²) in [5.41, 5.74) is 1.24. The molecule has 0 spiro atoms. The van der Waals surface area contributed by atoms with Crippen molar-refractivity contribution in [1.29, 1.82) is 0 Å². The van der Waals surface area contributed by atoms with Crippen molar-refractivity contribution in [3.05, 3.63) is 29.8 Å².